The fourth-order valence-corrected chi connectivity index (χ4v) is 1.84. The van der Waals surface area contributed by atoms with Crippen molar-refractivity contribution in [1.29, 1.82) is 0 Å². The van der Waals surface area contributed by atoms with Crippen LogP contribution in [-0.4, -0.2) is 17.7 Å². The van der Waals surface area contributed by atoms with Crippen LogP contribution < -0.4 is 4.74 Å². The molecule has 80 valence electrons. The molecule has 0 unspecified atom stereocenters. The summed E-state index contributed by atoms with van der Waals surface area (Å²) in [6.07, 6.45) is 0.755. The molecule has 15 heavy (non-hydrogen) atoms. The molecular weight excluding hydrogens is 192 g/mol. The number of aliphatic carboxylic acids is 1. The maximum atomic E-state index is 10.7. The minimum absolute atomic E-state index is 0.183. The van der Waals surface area contributed by atoms with Gasteiger partial charge in [-0.1, -0.05) is 12.1 Å². The van der Waals surface area contributed by atoms with Gasteiger partial charge in [0, 0.05) is 0 Å². The average molecular weight is 206 g/mol. The third kappa shape index (κ3) is 2.12. The first-order chi connectivity index (χ1) is 7.22. The molecule has 0 aliphatic heterocycles. The Balaban J connectivity index is 2.10. The Labute approximate surface area is 88.7 Å². The second kappa shape index (κ2) is 3.93. The third-order valence-electron chi connectivity index (χ3n) is 2.70. The fraction of sp³-hybridized carbons (Fsp3) is 0.417. The Morgan fingerprint density at radius 2 is 2.40 bits per heavy atom. The van der Waals surface area contributed by atoms with Crippen LogP contribution in [0.2, 0.25) is 0 Å². The van der Waals surface area contributed by atoms with E-state index in [9.17, 15) is 4.79 Å². The first-order valence-corrected chi connectivity index (χ1v) is 5.18. The topological polar surface area (TPSA) is 46.5 Å². The van der Waals surface area contributed by atoms with E-state index in [2.05, 4.69) is 0 Å². The summed E-state index contributed by atoms with van der Waals surface area (Å²) < 4.78 is 5.37. The molecule has 0 saturated heterocycles. The molecule has 1 aliphatic carbocycles. The zero-order valence-corrected chi connectivity index (χ0v) is 8.64. The van der Waals surface area contributed by atoms with Crippen LogP contribution in [0.15, 0.2) is 24.3 Å². The first kappa shape index (κ1) is 10.0. The van der Waals surface area contributed by atoms with E-state index in [-0.39, 0.29) is 11.8 Å². The van der Waals surface area contributed by atoms with E-state index in [1.807, 2.05) is 31.2 Å². The second-order valence-corrected chi connectivity index (χ2v) is 3.79. The maximum Gasteiger partial charge on any atom is 0.307 e. The average Bonchev–Trinajstić information content (AvgIpc) is 2.98. The third-order valence-corrected chi connectivity index (χ3v) is 2.70. The van der Waals surface area contributed by atoms with Crippen molar-refractivity contribution in [2.24, 2.45) is 5.92 Å². The van der Waals surface area contributed by atoms with Crippen LogP contribution in [0.3, 0.4) is 0 Å². The van der Waals surface area contributed by atoms with Crippen molar-refractivity contribution in [3.05, 3.63) is 29.8 Å². The lowest BCUT2D eigenvalue weighted by Crippen LogP contribution is -1.99. The molecule has 0 heterocycles. The van der Waals surface area contributed by atoms with Crippen molar-refractivity contribution in [3.8, 4) is 5.75 Å². The van der Waals surface area contributed by atoms with Crippen molar-refractivity contribution >= 4 is 5.97 Å². The molecule has 3 nitrogen and oxygen atoms in total. The second-order valence-electron chi connectivity index (χ2n) is 3.79. The van der Waals surface area contributed by atoms with Gasteiger partial charge in [-0.15, -0.1) is 0 Å². The van der Waals surface area contributed by atoms with Gasteiger partial charge in [-0.25, -0.2) is 0 Å². The van der Waals surface area contributed by atoms with Gasteiger partial charge in [0.25, 0.3) is 0 Å². The Morgan fingerprint density at radius 1 is 1.60 bits per heavy atom. The number of carboxylic acid groups (broad SMARTS) is 1. The van der Waals surface area contributed by atoms with Gasteiger partial charge < -0.3 is 9.84 Å². The quantitative estimate of drug-likeness (QED) is 0.822. The highest BCUT2D eigenvalue weighted by Crippen LogP contribution is 2.48. The van der Waals surface area contributed by atoms with Crippen LogP contribution in [0.4, 0.5) is 0 Å². The predicted octanol–water partition coefficient (Wildman–Crippen LogP) is 2.27. The summed E-state index contributed by atoms with van der Waals surface area (Å²) in [7, 11) is 0. The smallest absolute Gasteiger partial charge is 0.307 e. The van der Waals surface area contributed by atoms with Crippen LogP contribution in [0.1, 0.15) is 24.8 Å². The molecule has 0 bridgehead atoms. The Hall–Kier alpha value is -1.51. The zero-order valence-electron chi connectivity index (χ0n) is 8.64. The molecular formula is C12H14O3. The molecule has 1 saturated carbocycles. The molecule has 3 heteroatoms. The van der Waals surface area contributed by atoms with Gasteiger partial charge in [-0.2, -0.15) is 0 Å². The predicted molar refractivity (Wildman–Crippen MR) is 56.1 cm³/mol. The first-order valence-electron chi connectivity index (χ1n) is 5.18. The number of rotatable bonds is 4. The van der Waals surface area contributed by atoms with E-state index in [1.165, 1.54) is 0 Å². The number of benzene rings is 1. The fourth-order valence-electron chi connectivity index (χ4n) is 1.84. The van der Waals surface area contributed by atoms with E-state index >= 15 is 0 Å². The van der Waals surface area contributed by atoms with Gasteiger partial charge in [0.2, 0.25) is 0 Å². The Bertz CT molecular complexity index is 373. The molecule has 0 spiro atoms. The Morgan fingerprint density at radius 3 is 3.00 bits per heavy atom. The molecule has 1 aromatic rings. The molecule has 1 aliphatic rings. The molecule has 2 atom stereocenters. The highest BCUT2D eigenvalue weighted by Gasteiger charge is 2.44. The summed E-state index contributed by atoms with van der Waals surface area (Å²) in [5.41, 5.74) is 1.08. The van der Waals surface area contributed by atoms with E-state index in [0.29, 0.717) is 6.61 Å². The number of ether oxygens (including phenoxy) is 1. The molecule has 0 radical (unpaired) electrons. The summed E-state index contributed by atoms with van der Waals surface area (Å²) >= 11 is 0. The van der Waals surface area contributed by atoms with Crippen LogP contribution in [0.5, 0.6) is 5.75 Å². The lowest BCUT2D eigenvalue weighted by Gasteiger charge is -2.04. The monoisotopic (exact) mass is 206 g/mol. The zero-order chi connectivity index (χ0) is 10.8. The molecule has 2 rings (SSSR count). The number of carbonyl (C=O) groups is 1. The number of hydrogen-bond acceptors (Lipinski definition) is 2. The van der Waals surface area contributed by atoms with Gasteiger partial charge in [0.1, 0.15) is 5.75 Å². The van der Waals surface area contributed by atoms with Crippen molar-refractivity contribution < 1.29 is 14.6 Å². The van der Waals surface area contributed by atoms with E-state index < -0.39 is 5.97 Å². The summed E-state index contributed by atoms with van der Waals surface area (Å²) in [4.78, 5) is 10.7. The minimum atomic E-state index is -0.693. The van der Waals surface area contributed by atoms with Crippen molar-refractivity contribution in [1.82, 2.24) is 0 Å². The summed E-state index contributed by atoms with van der Waals surface area (Å²) in [6, 6.07) is 7.72. The van der Waals surface area contributed by atoms with Crippen LogP contribution in [0.25, 0.3) is 0 Å². The van der Waals surface area contributed by atoms with E-state index in [4.69, 9.17) is 9.84 Å². The van der Waals surface area contributed by atoms with Crippen molar-refractivity contribution in [2.45, 2.75) is 19.3 Å². The molecule has 1 N–H and O–H groups in total. The standard InChI is InChI=1S/C12H14O3/c1-2-15-9-5-3-4-8(6-9)10-7-11(10)12(13)14/h3-6,10-11H,2,7H2,1H3,(H,13,14)/t10-,11+/m1/s1. The van der Waals surface area contributed by atoms with Gasteiger partial charge in [0.05, 0.1) is 12.5 Å². The van der Waals surface area contributed by atoms with Crippen LogP contribution in [0, 0.1) is 5.92 Å². The van der Waals surface area contributed by atoms with Crippen LogP contribution in [-0.2, 0) is 4.79 Å². The van der Waals surface area contributed by atoms with Crippen LogP contribution >= 0.6 is 0 Å². The maximum absolute atomic E-state index is 10.7. The lowest BCUT2D eigenvalue weighted by molar-refractivity contribution is -0.138. The highest BCUT2D eigenvalue weighted by atomic mass is 16.5. The SMILES string of the molecule is CCOc1cccc([C@H]2C[C@@H]2C(=O)O)c1. The van der Waals surface area contributed by atoms with E-state index in [1.54, 1.807) is 0 Å². The summed E-state index contributed by atoms with van der Waals surface area (Å²) in [5.74, 6) is 0.123. The molecule has 1 fully saturated rings. The number of hydrogen-bond donors (Lipinski definition) is 1. The highest BCUT2D eigenvalue weighted by molar-refractivity contribution is 5.75. The van der Waals surface area contributed by atoms with Gasteiger partial charge in [-0.05, 0) is 37.0 Å². The minimum Gasteiger partial charge on any atom is -0.494 e. The van der Waals surface area contributed by atoms with E-state index in [0.717, 1.165) is 17.7 Å². The molecule has 0 aromatic heterocycles. The summed E-state index contributed by atoms with van der Waals surface area (Å²) in [5, 5.41) is 8.83. The van der Waals surface area contributed by atoms with Crippen molar-refractivity contribution in [2.75, 3.05) is 6.61 Å². The molecule has 1 aromatic carbocycles. The lowest BCUT2D eigenvalue weighted by atomic mass is 10.1. The largest absolute Gasteiger partial charge is 0.494 e. The number of carboxylic acids is 1. The molecule has 0 amide bonds. The van der Waals surface area contributed by atoms with Gasteiger partial charge >= 0.3 is 5.97 Å². The van der Waals surface area contributed by atoms with Gasteiger partial charge in [-0.3, -0.25) is 4.79 Å². The summed E-state index contributed by atoms with van der Waals surface area (Å²) in [6.45, 7) is 2.57. The van der Waals surface area contributed by atoms with Crippen molar-refractivity contribution in [3.63, 3.8) is 0 Å². The Kier molecular flexibility index (Phi) is 2.62. The van der Waals surface area contributed by atoms with Gasteiger partial charge in [0.15, 0.2) is 0 Å². The normalized spacial score (nSPS) is 23.5.